The van der Waals surface area contributed by atoms with E-state index in [0.29, 0.717) is 16.9 Å². The van der Waals surface area contributed by atoms with Crippen LogP contribution >= 0.6 is 0 Å². The summed E-state index contributed by atoms with van der Waals surface area (Å²) in [6.45, 7) is 3.66. The molecule has 0 atom stereocenters. The second-order valence-electron chi connectivity index (χ2n) is 4.91. The lowest BCUT2D eigenvalue weighted by molar-refractivity contribution is 0.418. The van der Waals surface area contributed by atoms with E-state index in [-0.39, 0.29) is 5.63 Å². The first-order valence-corrected chi connectivity index (χ1v) is 6.65. The minimum atomic E-state index is -0.319. The van der Waals surface area contributed by atoms with Crippen molar-refractivity contribution in [2.75, 3.05) is 7.11 Å². The predicted octanol–water partition coefficient (Wildman–Crippen LogP) is 3.48. The maximum absolute atomic E-state index is 11.9. The average Bonchev–Trinajstić information content (AvgIpc) is 2.52. The van der Waals surface area contributed by atoms with Crippen molar-refractivity contribution in [1.29, 1.82) is 0 Å². The Morgan fingerprint density at radius 3 is 2.62 bits per heavy atom. The molecule has 0 saturated carbocycles. The van der Waals surface area contributed by atoms with Gasteiger partial charge in [0.2, 0.25) is 0 Å². The van der Waals surface area contributed by atoms with Gasteiger partial charge in [-0.2, -0.15) is 0 Å². The first kappa shape index (κ1) is 13.4. The molecule has 106 valence electrons. The smallest absolute Gasteiger partial charge is 0.339 e. The van der Waals surface area contributed by atoms with E-state index in [1.54, 1.807) is 20.2 Å². The molecule has 4 nitrogen and oxygen atoms in total. The number of methoxy groups -OCH3 is 1. The van der Waals surface area contributed by atoms with Crippen LogP contribution in [0, 0.1) is 13.8 Å². The molecule has 0 radical (unpaired) electrons. The fourth-order valence-corrected chi connectivity index (χ4v) is 2.40. The number of nitrogens with zero attached hydrogens (tertiary/aromatic N) is 1. The fraction of sp³-hybridized carbons (Fsp3) is 0.176. The van der Waals surface area contributed by atoms with Crippen LogP contribution in [0.3, 0.4) is 0 Å². The third kappa shape index (κ3) is 2.18. The molecule has 3 rings (SSSR count). The average molecular weight is 281 g/mol. The van der Waals surface area contributed by atoms with Crippen LogP contribution in [0.4, 0.5) is 0 Å². The SMILES string of the molecule is COc1cc(-c2ccccn2)cc2oc(=O)c(C)c(C)c12. The van der Waals surface area contributed by atoms with Gasteiger partial charge in [-0.1, -0.05) is 6.07 Å². The summed E-state index contributed by atoms with van der Waals surface area (Å²) in [4.78, 5) is 16.2. The van der Waals surface area contributed by atoms with E-state index >= 15 is 0 Å². The predicted molar refractivity (Wildman–Crippen MR) is 81.7 cm³/mol. The van der Waals surface area contributed by atoms with Crippen LogP contribution in [0.2, 0.25) is 0 Å². The highest BCUT2D eigenvalue weighted by molar-refractivity contribution is 5.91. The van der Waals surface area contributed by atoms with Gasteiger partial charge in [0.15, 0.2) is 0 Å². The van der Waals surface area contributed by atoms with Crippen molar-refractivity contribution in [2.24, 2.45) is 0 Å². The summed E-state index contributed by atoms with van der Waals surface area (Å²) in [5, 5.41) is 0.828. The highest BCUT2D eigenvalue weighted by Crippen LogP contribution is 2.33. The highest BCUT2D eigenvalue weighted by atomic mass is 16.5. The van der Waals surface area contributed by atoms with E-state index in [4.69, 9.17) is 9.15 Å². The van der Waals surface area contributed by atoms with Crippen LogP contribution in [-0.2, 0) is 0 Å². The summed E-state index contributed by atoms with van der Waals surface area (Å²) in [6.07, 6.45) is 1.72. The molecule has 0 aliphatic carbocycles. The molecule has 0 fully saturated rings. The Labute approximate surface area is 122 Å². The highest BCUT2D eigenvalue weighted by Gasteiger charge is 2.14. The second kappa shape index (κ2) is 5.05. The first-order chi connectivity index (χ1) is 10.1. The van der Waals surface area contributed by atoms with E-state index in [0.717, 1.165) is 22.2 Å². The zero-order valence-electron chi connectivity index (χ0n) is 12.1. The summed E-state index contributed by atoms with van der Waals surface area (Å²) in [5.41, 5.74) is 3.34. The standard InChI is InChI=1S/C17H15NO3/c1-10-11(2)17(19)21-15-9-12(8-14(20-3)16(10)15)13-6-4-5-7-18-13/h4-9H,1-3H3. The molecular formula is C17H15NO3. The third-order valence-corrected chi connectivity index (χ3v) is 3.69. The number of hydrogen-bond donors (Lipinski definition) is 0. The van der Waals surface area contributed by atoms with E-state index in [1.165, 1.54) is 0 Å². The van der Waals surface area contributed by atoms with Crippen LogP contribution in [0.5, 0.6) is 5.75 Å². The molecule has 3 aromatic rings. The van der Waals surface area contributed by atoms with Gasteiger partial charge in [0.05, 0.1) is 18.2 Å². The van der Waals surface area contributed by atoms with E-state index in [2.05, 4.69) is 4.98 Å². The summed E-state index contributed by atoms with van der Waals surface area (Å²) in [7, 11) is 1.61. The van der Waals surface area contributed by atoms with Crippen molar-refractivity contribution in [3.05, 3.63) is 58.1 Å². The Morgan fingerprint density at radius 1 is 1.14 bits per heavy atom. The van der Waals surface area contributed by atoms with Gasteiger partial charge in [-0.15, -0.1) is 0 Å². The molecule has 0 spiro atoms. The van der Waals surface area contributed by atoms with Gasteiger partial charge in [-0.25, -0.2) is 4.79 Å². The van der Waals surface area contributed by atoms with Gasteiger partial charge in [0.25, 0.3) is 0 Å². The third-order valence-electron chi connectivity index (χ3n) is 3.69. The quantitative estimate of drug-likeness (QED) is 0.675. The fourth-order valence-electron chi connectivity index (χ4n) is 2.40. The Hall–Kier alpha value is -2.62. The number of rotatable bonds is 2. The molecule has 0 bridgehead atoms. The van der Waals surface area contributed by atoms with Crippen LogP contribution in [0.15, 0.2) is 45.7 Å². The van der Waals surface area contributed by atoms with E-state index in [1.807, 2.05) is 37.3 Å². The molecule has 0 amide bonds. The Morgan fingerprint density at radius 2 is 1.95 bits per heavy atom. The molecule has 1 aromatic carbocycles. The molecule has 0 aliphatic rings. The van der Waals surface area contributed by atoms with Gasteiger partial charge >= 0.3 is 5.63 Å². The Balaban J connectivity index is 2.38. The summed E-state index contributed by atoms with van der Waals surface area (Å²) >= 11 is 0. The maximum atomic E-state index is 11.9. The maximum Gasteiger partial charge on any atom is 0.339 e. The molecule has 0 saturated heterocycles. The number of pyridine rings is 1. The Bertz CT molecular complexity index is 867. The van der Waals surface area contributed by atoms with Crippen molar-refractivity contribution >= 4 is 11.0 Å². The number of hydrogen-bond acceptors (Lipinski definition) is 4. The number of fused-ring (bicyclic) bond motifs is 1. The molecule has 0 aliphatic heterocycles. The molecule has 4 heteroatoms. The van der Waals surface area contributed by atoms with Crippen molar-refractivity contribution in [2.45, 2.75) is 13.8 Å². The van der Waals surface area contributed by atoms with Crippen LogP contribution in [0.1, 0.15) is 11.1 Å². The second-order valence-corrected chi connectivity index (χ2v) is 4.91. The van der Waals surface area contributed by atoms with Gasteiger partial charge in [-0.05, 0) is 43.7 Å². The number of aromatic nitrogens is 1. The molecule has 2 heterocycles. The van der Waals surface area contributed by atoms with Crippen LogP contribution in [-0.4, -0.2) is 12.1 Å². The minimum absolute atomic E-state index is 0.319. The van der Waals surface area contributed by atoms with Gasteiger partial charge < -0.3 is 9.15 Å². The monoisotopic (exact) mass is 281 g/mol. The zero-order chi connectivity index (χ0) is 15.0. The van der Waals surface area contributed by atoms with Crippen molar-refractivity contribution in [3.63, 3.8) is 0 Å². The molecular weight excluding hydrogens is 266 g/mol. The molecule has 0 N–H and O–H groups in total. The van der Waals surface area contributed by atoms with Gasteiger partial charge in [0.1, 0.15) is 11.3 Å². The lowest BCUT2D eigenvalue weighted by atomic mass is 10.0. The summed E-state index contributed by atoms with van der Waals surface area (Å²) in [5.74, 6) is 0.678. The van der Waals surface area contributed by atoms with Crippen LogP contribution < -0.4 is 10.4 Å². The van der Waals surface area contributed by atoms with Gasteiger partial charge in [0, 0.05) is 17.3 Å². The zero-order valence-corrected chi connectivity index (χ0v) is 12.1. The first-order valence-electron chi connectivity index (χ1n) is 6.65. The van der Waals surface area contributed by atoms with Crippen molar-refractivity contribution in [3.8, 4) is 17.0 Å². The summed E-state index contributed by atoms with van der Waals surface area (Å²) in [6, 6.07) is 9.41. The number of ether oxygens (including phenoxy) is 1. The lowest BCUT2D eigenvalue weighted by Gasteiger charge is -2.11. The molecule has 2 aromatic heterocycles. The largest absolute Gasteiger partial charge is 0.496 e. The van der Waals surface area contributed by atoms with Crippen molar-refractivity contribution in [1.82, 2.24) is 4.98 Å². The van der Waals surface area contributed by atoms with Crippen LogP contribution in [0.25, 0.3) is 22.2 Å². The topological polar surface area (TPSA) is 52.3 Å². The normalized spacial score (nSPS) is 10.8. The minimum Gasteiger partial charge on any atom is -0.496 e. The molecule has 21 heavy (non-hydrogen) atoms. The van der Waals surface area contributed by atoms with E-state index in [9.17, 15) is 4.79 Å². The van der Waals surface area contributed by atoms with E-state index < -0.39 is 0 Å². The summed E-state index contributed by atoms with van der Waals surface area (Å²) < 4.78 is 10.9. The molecule has 0 unspecified atom stereocenters. The Kier molecular flexibility index (Phi) is 3.22. The van der Waals surface area contributed by atoms with Gasteiger partial charge in [-0.3, -0.25) is 4.98 Å². The van der Waals surface area contributed by atoms with Crippen molar-refractivity contribution < 1.29 is 9.15 Å². The number of aryl methyl sites for hydroxylation is 1. The lowest BCUT2D eigenvalue weighted by Crippen LogP contribution is -2.06. The number of benzene rings is 1.